The minimum Gasteiger partial charge on any atom is -0.250 e. The third kappa shape index (κ3) is 2.79. The number of hydrogen-bond acceptors (Lipinski definition) is 2. The molecule has 3 nitrogen and oxygen atoms in total. The summed E-state index contributed by atoms with van der Waals surface area (Å²) in [6, 6.07) is 0. The summed E-state index contributed by atoms with van der Waals surface area (Å²) in [5, 5.41) is 5.30. The molecule has 0 fully saturated rings. The highest BCUT2D eigenvalue weighted by Gasteiger charge is 2.18. The van der Waals surface area contributed by atoms with E-state index in [4.69, 9.17) is 0 Å². The van der Waals surface area contributed by atoms with Gasteiger partial charge in [-0.15, -0.1) is 0 Å². The maximum absolute atomic E-state index is 4.33. The normalized spacial score (nSPS) is 12.1. The van der Waals surface area contributed by atoms with E-state index in [9.17, 15) is 0 Å². The van der Waals surface area contributed by atoms with Crippen LogP contribution in [-0.4, -0.2) is 20.1 Å². The van der Waals surface area contributed by atoms with Crippen molar-refractivity contribution in [1.29, 1.82) is 0 Å². The first-order valence-corrected chi connectivity index (χ1v) is 5.51. The first kappa shape index (κ1) is 10.7. The van der Waals surface area contributed by atoms with Gasteiger partial charge in [0.05, 0.1) is 0 Å². The molecule has 0 atom stereocenters. The lowest BCUT2D eigenvalue weighted by atomic mass is 9.97. The molecular weight excluding hydrogens is 230 g/mol. The van der Waals surface area contributed by atoms with Gasteiger partial charge in [0, 0.05) is 11.9 Å². The van der Waals surface area contributed by atoms with Crippen LogP contribution in [0.3, 0.4) is 0 Å². The van der Waals surface area contributed by atoms with Gasteiger partial charge in [-0.1, -0.05) is 29.8 Å². The van der Waals surface area contributed by atoms with Crippen LogP contribution in [0.5, 0.6) is 0 Å². The third-order valence-corrected chi connectivity index (χ3v) is 3.42. The first-order valence-electron chi connectivity index (χ1n) is 4.39. The SMILES string of the molecule is Cc1nc(C)n(CC(C)(C)CBr)n1. The Bertz CT molecular complexity index is 291. The molecule has 0 saturated heterocycles. The zero-order valence-corrected chi connectivity index (χ0v) is 10.2. The van der Waals surface area contributed by atoms with E-state index in [0.29, 0.717) is 0 Å². The van der Waals surface area contributed by atoms with Crippen LogP contribution >= 0.6 is 15.9 Å². The number of halogens is 1. The van der Waals surface area contributed by atoms with Crippen molar-refractivity contribution in [1.82, 2.24) is 14.8 Å². The monoisotopic (exact) mass is 245 g/mol. The fourth-order valence-corrected chi connectivity index (χ4v) is 1.34. The number of alkyl halides is 1. The maximum Gasteiger partial charge on any atom is 0.147 e. The predicted octanol–water partition coefficient (Wildman–Crippen LogP) is 2.32. The van der Waals surface area contributed by atoms with Crippen molar-refractivity contribution in [2.24, 2.45) is 5.41 Å². The van der Waals surface area contributed by atoms with Crippen LogP contribution in [0, 0.1) is 19.3 Å². The fourth-order valence-electron chi connectivity index (χ4n) is 1.16. The Morgan fingerprint density at radius 2 is 2.00 bits per heavy atom. The molecule has 74 valence electrons. The van der Waals surface area contributed by atoms with Crippen LogP contribution in [-0.2, 0) is 6.54 Å². The average Bonchev–Trinajstić information content (AvgIpc) is 2.30. The molecule has 0 N–H and O–H groups in total. The lowest BCUT2D eigenvalue weighted by Gasteiger charge is -2.21. The summed E-state index contributed by atoms with van der Waals surface area (Å²) in [6.45, 7) is 9.23. The molecule has 1 aromatic rings. The predicted molar refractivity (Wildman–Crippen MR) is 57.1 cm³/mol. The van der Waals surface area contributed by atoms with E-state index in [1.54, 1.807) is 0 Å². The van der Waals surface area contributed by atoms with Crippen molar-refractivity contribution >= 4 is 15.9 Å². The van der Waals surface area contributed by atoms with Crippen LogP contribution in [0.1, 0.15) is 25.5 Å². The lowest BCUT2D eigenvalue weighted by Crippen LogP contribution is -2.22. The van der Waals surface area contributed by atoms with E-state index in [-0.39, 0.29) is 5.41 Å². The highest BCUT2D eigenvalue weighted by Crippen LogP contribution is 2.20. The highest BCUT2D eigenvalue weighted by atomic mass is 79.9. The summed E-state index contributed by atoms with van der Waals surface area (Å²) in [7, 11) is 0. The number of aromatic nitrogens is 3. The molecule has 0 aromatic carbocycles. The molecule has 1 rings (SSSR count). The van der Waals surface area contributed by atoms with Crippen LogP contribution in [0.4, 0.5) is 0 Å². The average molecular weight is 246 g/mol. The molecule has 0 radical (unpaired) electrons. The van der Waals surface area contributed by atoms with E-state index in [1.807, 2.05) is 18.5 Å². The van der Waals surface area contributed by atoms with Gasteiger partial charge in [0.15, 0.2) is 0 Å². The van der Waals surface area contributed by atoms with E-state index in [0.717, 1.165) is 23.5 Å². The molecular formula is C9H16BrN3. The van der Waals surface area contributed by atoms with Gasteiger partial charge in [0.25, 0.3) is 0 Å². The van der Waals surface area contributed by atoms with Crippen molar-refractivity contribution in [3.63, 3.8) is 0 Å². The molecule has 0 amide bonds. The zero-order valence-electron chi connectivity index (χ0n) is 8.63. The van der Waals surface area contributed by atoms with Crippen molar-refractivity contribution in [3.05, 3.63) is 11.6 Å². The van der Waals surface area contributed by atoms with Crippen LogP contribution < -0.4 is 0 Å². The first-order chi connectivity index (χ1) is 5.94. The molecule has 1 aromatic heterocycles. The quantitative estimate of drug-likeness (QED) is 0.766. The Labute approximate surface area is 87.7 Å². The van der Waals surface area contributed by atoms with Crippen molar-refractivity contribution in [3.8, 4) is 0 Å². The topological polar surface area (TPSA) is 30.7 Å². The van der Waals surface area contributed by atoms with Crippen LogP contribution in [0.15, 0.2) is 0 Å². The molecule has 0 aliphatic heterocycles. The molecule has 0 bridgehead atoms. The lowest BCUT2D eigenvalue weighted by molar-refractivity contribution is 0.330. The van der Waals surface area contributed by atoms with Gasteiger partial charge in [-0.2, -0.15) is 5.10 Å². The van der Waals surface area contributed by atoms with Gasteiger partial charge in [0.1, 0.15) is 11.6 Å². The number of rotatable bonds is 3. The summed E-state index contributed by atoms with van der Waals surface area (Å²) >= 11 is 3.50. The van der Waals surface area contributed by atoms with Gasteiger partial charge < -0.3 is 0 Å². The third-order valence-electron chi connectivity index (χ3n) is 1.90. The van der Waals surface area contributed by atoms with Gasteiger partial charge >= 0.3 is 0 Å². The minimum atomic E-state index is 0.227. The molecule has 0 aliphatic carbocycles. The summed E-state index contributed by atoms with van der Waals surface area (Å²) in [6.07, 6.45) is 0. The second-order valence-electron chi connectivity index (χ2n) is 4.16. The largest absolute Gasteiger partial charge is 0.250 e. The summed E-state index contributed by atoms with van der Waals surface area (Å²) in [5.74, 6) is 1.84. The number of aryl methyl sites for hydroxylation is 2. The smallest absolute Gasteiger partial charge is 0.147 e. The Morgan fingerprint density at radius 1 is 1.38 bits per heavy atom. The van der Waals surface area contributed by atoms with Crippen molar-refractivity contribution in [2.45, 2.75) is 34.2 Å². The minimum absolute atomic E-state index is 0.227. The van der Waals surface area contributed by atoms with E-state index < -0.39 is 0 Å². The summed E-state index contributed by atoms with van der Waals surface area (Å²) < 4.78 is 1.97. The standard InChI is InChI=1S/C9H16BrN3/c1-7-11-8(2)13(12-7)6-9(3,4)5-10/h5-6H2,1-4H3. The van der Waals surface area contributed by atoms with Crippen molar-refractivity contribution < 1.29 is 0 Å². The van der Waals surface area contributed by atoms with E-state index in [2.05, 4.69) is 39.9 Å². The van der Waals surface area contributed by atoms with E-state index >= 15 is 0 Å². The molecule has 1 heterocycles. The maximum atomic E-state index is 4.33. The summed E-state index contributed by atoms with van der Waals surface area (Å²) in [4.78, 5) is 4.27. The van der Waals surface area contributed by atoms with E-state index in [1.165, 1.54) is 0 Å². The molecule has 0 unspecified atom stereocenters. The van der Waals surface area contributed by atoms with Gasteiger partial charge in [-0.25, -0.2) is 9.67 Å². The molecule has 0 aliphatic rings. The fraction of sp³-hybridized carbons (Fsp3) is 0.778. The second-order valence-corrected chi connectivity index (χ2v) is 4.72. The Hall–Kier alpha value is -0.380. The number of nitrogens with zero attached hydrogens (tertiary/aromatic N) is 3. The van der Waals surface area contributed by atoms with Crippen LogP contribution in [0.25, 0.3) is 0 Å². The molecule has 13 heavy (non-hydrogen) atoms. The van der Waals surface area contributed by atoms with Gasteiger partial charge in [-0.05, 0) is 19.3 Å². The Morgan fingerprint density at radius 3 is 2.38 bits per heavy atom. The number of hydrogen-bond donors (Lipinski definition) is 0. The zero-order chi connectivity index (χ0) is 10.1. The second kappa shape index (κ2) is 3.78. The van der Waals surface area contributed by atoms with Gasteiger partial charge in [-0.3, -0.25) is 0 Å². The Kier molecular flexibility index (Phi) is 3.11. The van der Waals surface area contributed by atoms with Crippen LogP contribution in [0.2, 0.25) is 0 Å². The van der Waals surface area contributed by atoms with Gasteiger partial charge in [0.2, 0.25) is 0 Å². The molecule has 0 spiro atoms. The van der Waals surface area contributed by atoms with Crippen molar-refractivity contribution in [2.75, 3.05) is 5.33 Å². The highest BCUT2D eigenvalue weighted by molar-refractivity contribution is 9.09. The Balaban J connectivity index is 2.79. The molecule has 0 saturated carbocycles. The molecule has 4 heteroatoms. The summed E-state index contributed by atoms with van der Waals surface area (Å²) in [5.41, 5.74) is 0.227.